The number of carbonyl (C=O) groups is 3. The molecular formula is C43H53FN4O6. The lowest BCUT2D eigenvalue weighted by Gasteiger charge is -2.20. The van der Waals surface area contributed by atoms with E-state index in [0.717, 1.165) is 17.7 Å². The van der Waals surface area contributed by atoms with E-state index in [1.54, 1.807) is 12.1 Å². The van der Waals surface area contributed by atoms with E-state index in [2.05, 4.69) is 16.0 Å². The fourth-order valence-corrected chi connectivity index (χ4v) is 6.34. The van der Waals surface area contributed by atoms with E-state index in [4.69, 9.17) is 4.74 Å². The van der Waals surface area contributed by atoms with Gasteiger partial charge in [-0.1, -0.05) is 81.5 Å². The van der Waals surface area contributed by atoms with Gasteiger partial charge in [0.1, 0.15) is 5.82 Å². The van der Waals surface area contributed by atoms with Crippen LogP contribution in [0, 0.1) is 5.82 Å². The highest BCUT2D eigenvalue weighted by atomic mass is 19.1. The van der Waals surface area contributed by atoms with Crippen LogP contribution < -0.4 is 16.0 Å². The Hall–Kier alpha value is -5.10. The molecule has 288 valence electrons. The summed E-state index contributed by atoms with van der Waals surface area (Å²) in [6.07, 6.45) is 2.90. The van der Waals surface area contributed by atoms with E-state index in [0.29, 0.717) is 47.6 Å². The van der Waals surface area contributed by atoms with E-state index in [1.807, 2.05) is 98.2 Å². The van der Waals surface area contributed by atoms with Crippen molar-refractivity contribution in [3.63, 3.8) is 0 Å². The van der Waals surface area contributed by atoms with Crippen LogP contribution in [0.5, 0.6) is 0 Å². The Morgan fingerprint density at radius 1 is 0.815 bits per heavy atom. The number of anilines is 1. The highest BCUT2D eigenvalue weighted by molar-refractivity contribution is 6.12. The second kappa shape index (κ2) is 21.6. The van der Waals surface area contributed by atoms with Gasteiger partial charge in [-0.25, -0.2) is 4.39 Å². The first-order valence-electron chi connectivity index (χ1n) is 18.6. The van der Waals surface area contributed by atoms with Gasteiger partial charge in [0, 0.05) is 43.0 Å². The molecule has 0 fully saturated rings. The number of para-hydroxylation sites is 1. The average Bonchev–Trinajstić information content (AvgIpc) is 3.50. The quantitative estimate of drug-likeness (QED) is 0.0469. The first-order chi connectivity index (χ1) is 26.1. The van der Waals surface area contributed by atoms with Crippen LogP contribution in [0.4, 0.5) is 10.1 Å². The summed E-state index contributed by atoms with van der Waals surface area (Å²) in [5, 5.41) is 30.4. The molecule has 0 saturated carbocycles. The maximum absolute atomic E-state index is 14.2. The molecule has 4 aromatic rings. The Kier molecular flexibility index (Phi) is 16.6. The van der Waals surface area contributed by atoms with E-state index < -0.39 is 12.2 Å². The molecule has 0 radical (unpaired) electrons. The zero-order valence-electron chi connectivity index (χ0n) is 31.4. The first kappa shape index (κ1) is 41.7. The smallest absolute Gasteiger partial charge is 0.258 e. The van der Waals surface area contributed by atoms with Gasteiger partial charge >= 0.3 is 0 Å². The number of rotatable bonds is 21. The summed E-state index contributed by atoms with van der Waals surface area (Å²) in [5.74, 6) is -1.26. The molecule has 0 aliphatic heterocycles. The SMILES string of the molecule is CC/C=C\CC(=O)NCCOCCNC(=O)C[C@H](O)C[C@H](O)CCn1c(-c2ccc(F)cc2)c(-c2ccccc2)c(C(=O)Nc2ccccc2)c1C(C)C. The van der Waals surface area contributed by atoms with Crippen molar-refractivity contribution in [1.29, 1.82) is 0 Å². The fraction of sp³-hybridized carbons (Fsp3) is 0.372. The predicted octanol–water partition coefficient (Wildman–Crippen LogP) is 6.83. The molecule has 0 bridgehead atoms. The number of amides is 3. The van der Waals surface area contributed by atoms with Crippen molar-refractivity contribution in [2.45, 2.75) is 77.5 Å². The molecular weight excluding hydrogens is 687 g/mol. The number of aliphatic hydroxyl groups is 2. The minimum Gasteiger partial charge on any atom is -0.393 e. The normalized spacial score (nSPS) is 12.5. The molecule has 3 amide bonds. The molecule has 0 aliphatic carbocycles. The van der Waals surface area contributed by atoms with Gasteiger partial charge in [-0.15, -0.1) is 0 Å². The van der Waals surface area contributed by atoms with Gasteiger partial charge in [-0.05, 0) is 72.7 Å². The van der Waals surface area contributed by atoms with Crippen LogP contribution in [0.15, 0.2) is 97.1 Å². The maximum Gasteiger partial charge on any atom is 0.258 e. The molecule has 11 heteroatoms. The monoisotopic (exact) mass is 740 g/mol. The standard InChI is InChI=1S/C43H53FN4O6/c1-4-5-8-17-37(51)45-23-26-54-27-24-46-38(52)29-36(50)28-35(49)22-25-48-41(30(2)3)40(43(53)47-34-15-11-7-12-16-34)39(31-13-9-6-10-14-31)42(48)32-18-20-33(44)21-19-32/h5-16,18-21,30,35-36,49-50H,4,17,22-29H2,1-3H3,(H,45,51)(H,46,52)(H,47,53)/b8-5-/t35-,36-/m1/s1. The van der Waals surface area contributed by atoms with Crippen LogP contribution in [-0.4, -0.2) is 71.0 Å². The van der Waals surface area contributed by atoms with Crippen LogP contribution in [0.1, 0.15) is 74.8 Å². The maximum atomic E-state index is 14.2. The van der Waals surface area contributed by atoms with Crippen molar-refractivity contribution in [1.82, 2.24) is 15.2 Å². The highest BCUT2D eigenvalue weighted by Gasteiger charge is 2.31. The molecule has 0 unspecified atom stereocenters. The number of aromatic nitrogens is 1. The lowest BCUT2D eigenvalue weighted by Crippen LogP contribution is -2.32. The van der Waals surface area contributed by atoms with Crippen molar-refractivity contribution in [2.24, 2.45) is 0 Å². The van der Waals surface area contributed by atoms with E-state index in [1.165, 1.54) is 12.1 Å². The lowest BCUT2D eigenvalue weighted by atomic mass is 9.94. The third-order valence-electron chi connectivity index (χ3n) is 8.78. The third-order valence-corrected chi connectivity index (χ3v) is 8.78. The van der Waals surface area contributed by atoms with Crippen molar-refractivity contribution < 1.29 is 33.7 Å². The number of nitrogens with one attached hydrogen (secondary N) is 3. The number of hydrogen-bond acceptors (Lipinski definition) is 6. The van der Waals surface area contributed by atoms with Gasteiger partial charge in [0.15, 0.2) is 0 Å². The molecule has 5 N–H and O–H groups in total. The van der Waals surface area contributed by atoms with E-state index in [-0.39, 0.29) is 68.4 Å². The summed E-state index contributed by atoms with van der Waals surface area (Å²) in [4.78, 5) is 38.5. The van der Waals surface area contributed by atoms with Crippen molar-refractivity contribution >= 4 is 23.4 Å². The minimum atomic E-state index is -1.09. The van der Waals surface area contributed by atoms with Gasteiger partial charge in [-0.3, -0.25) is 14.4 Å². The summed E-state index contributed by atoms with van der Waals surface area (Å²) in [6.45, 7) is 7.45. The predicted molar refractivity (Wildman–Crippen MR) is 210 cm³/mol. The first-order valence-corrected chi connectivity index (χ1v) is 18.6. The Morgan fingerprint density at radius 3 is 2.07 bits per heavy atom. The second-order valence-electron chi connectivity index (χ2n) is 13.4. The van der Waals surface area contributed by atoms with E-state index >= 15 is 0 Å². The summed E-state index contributed by atoms with van der Waals surface area (Å²) in [5.41, 5.74) is 4.80. The van der Waals surface area contributed by atoms with Gasteiger partial charge in [0.05, 0.1) is 43.1 Å². The van der Waals surface area contributed by atoms with Gasteiger partial charge in [0.2, 0.25) is 11.8 Å². The van der Waals surface area contributed by atoms with Crippen LogP contribution in [0.2, 0.25) is 0 Å². The molecule has 54 heavy (non-hydrogen) atoms. The molecule has 2 atom stereocenters. The number of halogens is 1. The molecule has 3 aromatic carbocycles. The second-order valence-corrected chi connectivity index (χ2v) is 13.4. The average molecular weight is 741 g/mol. The number of allylic oxidation sites excluding steroid dienone is 1. The molecule has 1 aromatic heterocycles. The largest absolute Gasteiger partial charge is 0.393 e. The highest BCUT2D eigenvalue weighted by Crippen LogP contribution is 2.42. The van der Waals surface area contributed by atoms with E-state index in [9.17, 15) is 29.0 Å². The van der Waals surface area contributed by atoms with Crippen LogP contribution >= 0.6 is 0 Å². The van der Waals surface area contributed by atoms with Crippen LogP contribution in [0.3, 0.4) is 0 Å². The lowest BCUT2D eigenvalue weighted by molar-refractivity contribution is -0.123. The van der Waals surface area contributed by atoms with Crippen molar-refractivity contribution in [3.8, 4) is 22.4 Å². The number of hydrogen-bond donors (Lipinski definition) is 5. The summed E-state index contributed by atoms with van der Waals surface area (Å²) in [6, 6.07) is 24.9. The molecule has 4 rings (SSSR count). The molecule has 10 nitrogen and oxygen atoms in total. The topological polar surface area (TPSA) is 142 Å². The molecule has 0 spiro atoms. The van der Waals surface area contributed by atoms with Gasteiger partial charge in [0.25, 0.3) is 5.91 Å². The number of aliphatic hydroxyl groups excluding tert-OH is 2. The fourth-order valence-electron chi connectivity index (χ4n) is 6.34. The van der Waals surface area contributed by atoms with Crippen LogP contribution in [0.25, 0.3) is 22.4 Å². The minimum absolute atomic E-state index is 0.0336. The Labute approximate surface area is 317 Å². The number of nitrogens with zero attached hydrogens (tertiary/aromatic N) is 1. The zero-order chi connectivity index (χ0) is 38.9. The molecule has 0 aliphatic rings. The van der Waals surface area contributed by atoms with Crippen molar-refractivity contribution in [2.75, 3.05) is 31.6 Å². The summed E-state index contributed by atoms with van der Waals surface area (Å²) < 4.78 is 21.7. The Morgan fingerprint density at radius 2 is 1.44 bits per heavy atom. The van der Waals surface area contributed by atoms with Crippen molar-refractivity contribution in [3.05, 3.63) is 114 Å². The number of carbonyl (C=O) groups excluding carboxylic acids is 3. The number of ether oxygens (including phenoxy) is 1. The third kappa shape index (κ3) is 12.5. The molecule has 1 heterocycles. The summed E-state index contributed by atoms with van der Waals surface area (Å²) in [7, 11) is 0. The van der Waals surface area contributed by atoms with Gasteiger partial charge in [-0.2, -0.15) is 0 Å². The zero-order valence-corrected chi connectivity index (χ0v) is 31.4. The van der Waals surface area contributed by atoms with Gasteiger partial charge < -0.3 is 35.5 Å². The summed E-state index contributed by atoms with van der Waals surface area (Å²) >= 11 is 0. The molecule has 0 saturated heterocycles. The number of benzene rings is 3. The Balaban J connectivity index is 1.45. The van der Waals surface area contributed by atoms with Crippen LogP contribution in [-0.2, 0) is 20.9 Å². The Bertz CT molecular complexity index is 1810.